The van der Waals surface area contributed by atoms with Crippen LogP contribution in [0.1, 0.15) is 42.9 Å². The molecule has 7 nitrogen and oxygen atoms in total. The van der Waals surface area contributed by atoms with E-state index in [4.69, 9.17) is 11.6 Å². The van der Waals surface area contributed by atoms with Gasteiger partial charge in [0, 0.05) is 31.2 Å². The monoisotopic (exact) mass is 517 g/mol. The summed E-state index contributed by atoms with van der Waals surface area (Å²) in [5.41, 5.74) is 2.18. The predicted molar refractivity (Wildman–Crippen MR) is 140 cm³/mol. The highest BCUT2D eigenvalue weighted by molar-refractivity contribution is 7.92. The van der Waals surface area contributed by atoms with E-state index in [1.807, 2.05) is 0 Å². The zero-order chi connectivity index (χ0) is 25.8. The number of aryl methyl sites for hydroxylation is 2. The molecule has 2 aromatic carbocycles. The molecule has 0 unspecified atom stereocenters. The van der Waals surface area contributed by atoms with Crippen molar-refractivity contribution in [3.8, 4) is 0 Å². The summed E-state index contributed by atoms with van der Waals surface area (Å²) < 4.78 is 28.0. The first-order valence-corrected chi connectivity index (χ1v) is 13.5. The standard InChI is InChI=1S/C26H32ClN3O4S/c1-18-17-24(19(2)16-22(18)27)35(33,34)29(4)23-11-7-6-10-21(23)12-13-25(31)28-20(3)26(32)30-14-8-5-9-15-30/h6-7,10-13,16-17,20H,5,8-9,14-15H2,1-4H3,(H,28,31)/b13-12+/t20-/m1/s1. The van der Waals surface area contributed by atoms with E-state index in [-0.39, 0.29) is 10.8 Å². The zero-order valence-corrected chi connectivity index (χ0v) is 22.1. The molecule has 1 heterocycles. The topological polar surface area (TPSA) is 86.8 Å². The summed E-state index contributed by atoms with van der Waals surface area (Å²) in [6.07, 6.45) is 5.95. The fourth-order valence-electron chi connectivity index (χ4n) is 4.10. The molecule has 3 rings (SSSR count). The average Bonchev–Trinajstić information content (AvgIpc) is 2.84. The van der Waals surface area contributed by atoms with Crippen LogP contribution in [-0.2, 0) is 19.6 Å². The van der Waals surface area contributed by atoms with Crippen LogP contribution in [0.25, 0.3) is 6.08 Å². The third kappa shape index (κ3) is 6.24. The molecule has 2 aromatic rings. The second-order valence-electron chi connectivity index (χ2n) is 8.85. The van der Waals surface area contributed by atoms with Crippen LogP contribution >= 0.6 is 11.6 Å². The second-order valence-corrected chi connectivity index (χ2v) is 11.2. The molecule has 188 valence electrons. The van der Waals surface area contributed by atoms with Crippen LogP contribution in [0.3, 0.4) is 0 Å². The fraction of sp³-hybridized carbons (Fsp3) is 0.385. The number of benzene rings is 2. The summed E-state index contributed by atoms with van der Waals surface area (Å²) in [6, 6.07) is 9.47. The van der Waals surface area contributed by atoms with Crippen molar-refractivity contribution in [2.75, 3.05) is 24.4 Å². The number of carbonyl (C=O) groups excluding carboxylic acids is 2. The summed E-state index contributed by atoms with van der Waals surface area (Å²) in [7, 11) is -2.40. The minimum Gasteiger partial charge on any atom is -0.341 e. The molecule has 0 spiro atoms. The molecule has 1 atom stereocenters. The summed E-state index contributed by atoms with van der Waals surface area (Å²) >= 11 is 6.15. The highest BCUT2D eigenvalue weighted by atomic mass is 35.5. The van der Waals surface area contributed by atoms with Gasteiger partial charge in [0.25, 0.3) is 10.0 Å². The number of carbonyl (C=O) groups is 2. The van der Waals surface area contributed by atoms with Crippen LogP contribution in [-0.4, -0.2) is 51.3 Å². The molecule has 1 aliphatic rings. The number of anilines is 1. The Bertz CT molecular complexity index is 1240. The van der Waals surface area contributed by atoms with Gasteiger partial charge in [-0.3, -0.25) is 13.9 Å². The lowest BCUT2D eigenvalue weighted by molar-refractivity contribution is -0.135. The maximum absolute atomic E-state index is 13.4. The van der Waals surface area contributed by atoms with Crippen LogP contribution in [0, 0.1) is 13.8 Å². The highest BCUT2D eigenvalue weighted by Crippen LogP contribution is 2.30. The zero-order valence-electron chi connectivity index (χ0n) is 20.5. The molecule has 9 heteroatoms. The number of para-hydroxylation sites is 1. The maximum Gasteiger partial charge on any atom is 0.264 e. The van der Waals surface area contributed by atoms with Gasteiger partial charge in [0.05, 0.1) is 10.6 Å². The lowest BCUT2D eigenvalue weighted by Gasteiger charge is -2.29. The fourth-order valence-corrected chi connectivity index (χ4v) is 5.83. The average molecular weight is 518 g/mol. The first-order valence-electron chi connectivity index (χ1n) is 11.6. The number of amides is 2. The minimum absolute atomic E-state index is 0.0914. The van der Waals surface area contributed by atoms with Crippen molar-refractivity contribution in [3.63, 3.8) is 0 Å². The van der Waals surface area contributed by atoms with Crippen molar-refractivity contribution in [1.29, 1.82) is 0 Å². The first-order chi connectivity index (χ1) is 16.5. The molecular weight excluding hydrogens is 486 g/mol. The lowest BCUT2D eigenvalue weighted by atomic mass is 10.1. The second kappa shape index (κ2) is 11.3. The number of sulfonamides is 1. The van der Waals surface area contributed by atoms with Gasteiger partial charge < -0.3 is 10.2 Å². The smallest absolute Gasteiger partial charge is 0.264 e. The summed E-state index contributed by atoms with van der Waals surface area (Å²) in [5, 5.41) is 3.22. The largest absolute Gasteiger partial charge is 0.341 e. The van der Waals surface area contributed by atoms with E-state index in [9.17, 15) is 18.0 Å². The molecule has 0 bridgehead atoms. The molecular formula is C26H32ClN3O4S. The van der Waals surface area contributed by atoms with Gasteiger partial charge in [-0.05, 0) is 81.0 Å². The summed E-state index contributed by atoms with van der Waals surface area (Å²) in [6.45, 7) is 6.57. The quantitative estimate of drug-likeness (QED) is 0.554. The van der Waals surface area contributed by atoms with Gasteiger partial charge in [-0.2, -0.15) is 0 Å². The number of nitrogens with one attached hydrogen (secondary N) is 1. The number of likely N-dealkylation sites (tertiary alicyclic amines) is 1. The van der Waals surface area contributed by atoms with Gasteiger partial charge >= 0.3 is 0 Å². The molecule has 1 saturated heterocycles. The van der Waals surface area contributed by atoms with Crippen molar-refractivity contribution >= 4 is 45.2 Å². The van der Waals surface area contributed by atoms with Gasteiger partial charge in [0.1, 0.15) is 6.04 Å². The molecule has 35 heavy (non-hydrogen) atoms. The Morgan fingerprint density at radius 2 is 1.74 bits per heavy atom. The Morgan fingerprint density at radius 3 is 2.43 bits per heavy atom. The Morgan fingerprint density at radius 1 is 1.09 bits per heavy atom. The third-order valence-electron chi connectivity index (χ3n) is 6.18. The van der Waals surface area contributed by atoms with Crippen molar-refractivity contribution in [2.45, 2.75) is 51.0 Å². The Hall–Kier alpha value is -2.84. The van der Waals surface area contributed by atoms with Crippen molar-refractivity contribution in [3.05, 3.63) is 64.2 Å². The SMILES string of the molecule is Cc1cc(S(=O)(=O)N(C)c2ccccc2/C=C/C(=O)N[C@H](C)C(=O)N2CCCCC2)c(C)cc1Cl. The van der Waals surface area contributed by atoms with Crippen molar-refractivity contribution in [1.82, 2.24) is 10.2 Å². The van der Waals surface area contributed by atoms with Gasteiger partial charge in [0.15, 0.2) is 0 Å². The van der Waals surface area contributed by atoms with Crippen LogP contribution in [0.15, 0.2) is 47.4 Å². The Kier molecular flexibility index (Phi) is 8.61. The van der Waals surface area contributed by atoms with E-state index < -0.39 is 22.0 Å². The third-order valence-corrected chi connectivity index (χ3v) is 8.50. The molecule has 0 saturated carbocycles. The molecule has 1 N–H and O–H groups in total. The summed E-state index contributed by atoms with van der Waals surface area (Å²) in [4.78, 5) is 27.0. The van der Waals surface area contributed by atoms with E-state index in [1.165, 1.54) is 17.4 Å². The highest BCUT2D eigenvalue weighted by Gasteiger charge is 2.26. The van der Waals surface area contributed by atoms with Crippen LogP contribution in [0.4, 0.5) is 5.69 Å². The number of halogens is 1. The summed E-state index contributed by atoms with van der Waals surface area (Å²) in [5.74, 6) is -0.515. The van der Waals surface area contributed by atoms with Crippen molar-refractivity contribution in [2.24, 2.45) is 0 Å². The van der Waals surface area contributed by atoms with Gasteiger partial charge in [-0.15, -0.1) is 0 Å². The van der Waals surface area contributed by atoms with E-state index in [0.717, 1.165) is 32.4 Å². The van der Waals surface area contributed by atoms with E-state index in [0.29, 0.717) is 27.4 Å². The molecule has 0 aliphatic carbocycles. The minimum atomic E-state index is -3.88. The number of hydrogen-bond donors (Lipinski definition) is 1. The lowest BCUT2D eigenvalue weighted by Crippen LogP contribution is -2.48. The van der Waals surface area contributed by atoms with Crippen LogP contribution in [0.2, 0.25) is 5.02 Å². The number of hydrogen-bond acceptors (Lipinski definition) is 4. The first kappa shape index (κ1) is 26.8. The van der Waals surface area contributed by atoms with Gasteiger partial charge in [0.2, 0.25) is 11.8 Å². The van der Waals surface area contributed by atoms with Crippen LogP contribution in [0.5, 0.6) is 0 Å². The Labute approximate surface area is 212 Å². The molecule has 0 radical (unpaired) electrons. The molecule has 1 aliphatic heterocycles. The molecule has 1 fully saturated rings. The molecule has 0 aromatic heterocycles. The van der Waals surface area contributed by atoms with Crippen molar-refractivity contribution < 1.29 is 18.0 Å². The normalized spacial score (nSPS) is 15.2. The number of rotatable bonds is 7. The van der Waals surface area contributed by atoms with E-state index >= 15 is 0 Å². The van der Waals surface area contributed by atoms with E-state index in [1.54, 1.807) is 68.1 Å². The van der Waals surface area contributed by atoms with Gasteiger partial charge in [-0.25, -0.2) is 8.42 Å². The molecule has 2 amide bonds. The predicted octanol–water partition coefficient (Wildman–Crippen LogP) is 4.31. The van der Waals surface area contributed by atoms with E-state index in [2.05, 4.69) is 5.32 Å². The maximum atomic E-state index is 13.4. The van der Waals surface area contributed by atoms with Gasteiger partial charge in [-0.1, -0.05) is 29.8 Å². The van der Waals surface area contributed by atoms with Crippen LogP contribution < -0.4 is 9.62 Å². The Balaban J connectivity index is 1.78. The number of piperidine rings is 1. The number of nitrogens with zero attached hydrogens (tertiary/aromatic N) is 2.